The van der Waals surface area contributed by atoms with E-state index in [4.69, 9.17) is 0 Å². The topological polar surface area (TPSA) is 55.0 Å². The van der Waals surface area contributed by atoms with Crippen molar-refractivity contribution in [1.82, 2.24) is 34.0 Å². The largest absolute Gasteiger partial charge is 0.392 e. The molecule has 1 aliphatic heterocycles. The molecule has 7 nitrogen and oxygen atoms in total. The van der Waals surface area contributed by atoms with Gasteiger partial charge in [-0.2, -0.15) is 28.2 Å². The van der Waals surface area contributed by atoms with Gasteiger partial charge >= 0.3 is 6.18 Å². The molecule has 0 aliphatic carbocycles. The van der Waals surface area contributed by atoms with Crippen molar-refractivity contribution in [3.63, 3.8) is 0 Å². The fourth-order valence-electron chi connectivity index (χ4n) is 4.80. The summed E-state index contributed by atoms with van der Waals surface area (Å²) in [4.78, 5) is 3.55. The van der Waals surface area contributed by atoms with Crippen LogP contribution < -0.4 is 0 Å². The third kappa shape index (κ3) is 5.57. The maximum atomic E-state index is 13.5. The summed E-state index contributed by atoms with van der Waals surface area (Å²) in [5.74, 6) is -1.77. The number of piperazine rings is 1. The molecule has 202 valence electrons. The van der Waals surface area contributed by atoms with Crippen molar-refractivity contribution < 1.29 is 17.6 Å². The van der Waals surface area contributed by atoms with Gasteiger partial charge in [-0.3, -0.25) is 4.90 Å². The van der Waals surface area contributed by atoms with Crippen LogP contribution in [0, 0.1) is 18.7 Å². The molecule has 1 aliphatic rings. The van der Waals surface area contributed by atoms with Gasteiger partial charge < -0.3 is 0 Å². The predicted octanol–water partition coefficient (Wildman–Crippen LogP) is 5.65. The highest BCUT2D eigenvalue weighted by Crippen LogP contribution is 2.37. The lowest BCUT2D eigenvalue weighted by Gasteiger charge is -2.42. The highest BCUT2D eigenvalue weighted by Gasteiger charge is 2.40. The maximum Gasteiger partial charge on any atom is 0.392 e. The molecule has 38 heavy (non-hydrogen) atoms. The summed E-state index contributed by atoms with van der Waals surface area (Å²) < 4.78 is 57.9. The van der Waals surface area contributed by atoms with Gasteiger partial charge in [0.05, 0.1) is 36.1 Å². The van der Waals surface area contributed by atoms with E-state index in [0.29, 0.717) is 26.2 Å². The molecule has 2 atom stereocenters. The number of hydrogen-bond donors (Lipinski definition) is 0. The van der Waals surface area contributed by atoms with E-state index in [-0.39, 0.29) is 18.4 Å². The van der Waals surface area contributed by atoms with Crippen molar-refractivity contribution in [1.29, 1.82) is 0 Å². The molecule has 2 aromatic heterocycles. The second-order valence-electron chi connectivity index (χ2n) is 9.60. The minimum atomic E-state index is -4.26. The van der Waals surface area contributed by atoms with Crippen LogP contribution in [-0.2, 0) is 6.54 Å². The van der Waals surface area contributed by atoms with Gasteiger partial charge in [0.2, 0.25) is 0 Å². The Morgan fingerprint density at radius 3 is 2.53 bits per heavy atom. The highest BCUT2D eigenvalue weighted by molar-refractivity contribution is 7.97. The van der Waals surface area contributed by atoms with Crippen LogP contribution in [0.4, 0.5) is 17.6 Å². The zero-order valence-electron chi connectivity index (χ0n) is 21.4. The van der Waals surface area contributed by atoms with E-state index in [1.54, 1.807) is 34.0 Å². The smallest absolute Gasteiger partial charge is 0.293 e. The molecule has 1 saturated heterocycles. The summed E-state index contributed by atoms with van der Waals surface area (Å²) in [7, 11) is 0. The number of aryl methyl sites for hydroxylation is 2. The Morgan fingerprint density at radius 2 is 1.84 bits per heavy atom. The maximum absolute atomic E-state index is 13.5. The second kappa shape index (κ2) is 10.7. The number of nitrogens with zero attached hydrogens (tertiary/aromatic N) is 7. The van der Waals surface area contributed by atoms with Crippen LogP contribution in [0.25, 0.3) is 16.6 Å². The van der Waals surface area contributed by atoms with Crippen LogP contribution in [0.1, 0.15) is 31.0 Å². The average molecular weight is 548 g/mol. The Kier molecular flexibility index (Phi) is 7.47. The van der Waals surface area contributed by atoms with Gasteiger partial charge in [0.15, 0.2) is 5.03 Å². The zero-order valence-corrected chi connectivity index (χ0v) is 22.2. The van der Waals surface area contributed by atoms with Crippen LogP contribution >= 0.6 is 11.9 Å². The summed E-state index contributed by atoms with van der Waals surface area (Å²) in [6.07, 6.45) is -0.810. The van der Waals surface area contributed by atoms with Crippen molar-refractivity contribution in [3.8, 4) is 5.69 Å². The predicted molar refractivity (Wildman–Crippen MR) is 138 cm³/mol. The molecule has 12 heteroatoms. The van der Waals surface area contributed by atoms with Gasteiger partial charge in [0.1, 0.15) is 5.82 Å². The fraction of sp³-hybridized carbons (Fsp3) is 0.423. The van der Waals surface area contributed by atoms with Crippen LogP contribution in [0.15, 0.2) is 53.8 Å². The van der Waals surface area contributed by atoms with Gasteiger partial charge in [0.25, 0.3) is 0 Å². The van der Waals surface area contributed by atoms with Crippen molar-refractivity contribution in [2.75, 3.05) is 26.2 Å². The minimum absolute atomic E-state index is 0.0784. The highest BCUT2D eigenvalue weighted by atomic mass is 32.2. The number of benzene rings is 2. The summed E-state index contributed by atoms with van der Waals surface area (Å²) in [5, 5.41) is 14.8. The molecule has 4 aromatic rings. The Balaban J connectivity index is 1.47. The van der Waals surface area contributed by atoms with E-state index >= 15 is 0 Å². The van der Waals surface area contributed by atoms with Gasteiger partial charge in [-0.25, -0.2) is 13.4 Å². The summed E-state index contributed by atoms with van der Waals surface area (Å²) in [5.41, 5.74) is 3.51. The lowest BCUT2D eigenvalue weighted by atomic mass is 9.95. The van der Waals surface area contributed by atoms with E-state index < -0.39 is 12.1 Å². The molecule has 0 amide bonds. The lowest BCUT2D eigenvalue weighted by molar-refractivity contribution is -0.176. The molecule has 2 unspecified atom stereocenters. The first-order valence-electron chi connectivity index (χ1n) is 12.5. The van der Waals surface area contributed by atoms with Crippen LogP contribution in [0.2, 0.25) is 0 Å². The quantitative estimate of drug-likeness (QED) is 0.220. The monoisotopic (exact) mass is 547 g/mol. The molecule has 1 fully saturated rings. The Labute approximate surface area is 222 Å². The number of fused-ring (bicyclic) bond motifs is 1. The average Bonchev–Trinajstić information content (AvgIpc) is 3.51. The molecule has 0 bridgehead atoms. The lowest BCUT2D eigenvalue weighted by Crippen LogP contribution is -2.48. The van der Waals surface area contributed by atoms with Crippen molar-refractivity contribution in [2.24, 2.45) is 5.92 Å². The van der Waals surface area contributed by atoms with E-state index in [2.05, 4.69) is 19.6 Å². The number of hydrogen-bond acceptors (Lipinski definition) is 6. The van der Waals surface area contributed by atoms with E-state index in [1.807, 2.05) is 30.9 Å². The number of alkyl halides is 3. The van der Waals surface area contributed by atoms with E-state index in [1.165, 1.54) is 31.0 Å². The van der Waals surface area contributed by atoms with Crippen LogP contribution in [0.3, 0.4) is 0 Å². The number of aromatic nitrogens is 5. The molecule has 0 saturated carbocycles. The van der Waals surface area contributed by atoms with Crippen LogP contribution in [0.5, 0.6) is 0 Å². The first-order chi connectivity index (χ1) is 18.1. The van der Waals surface area contributed by atoms with Crippen LogP contribution in [-0.4, -0.2) is 66.3 Å². The summed E-state index contributed by atoms with van der Waals surface area (Å²) in [6.45, 7) is 7.39. The van der Waals surface area contributed by atoms with Gasteiger partial charge in [0, 0.05) is 37.6 Å². The van der Waals surface area contributed by atoms with Gasteiger partial charge in [-0.1, -0.05) is 6.92 Å². The van der Waals surface area contributed by atoms with Gasteiger partial charge in [-0.15, -0.1) is 5.10 Å². The zero-order chi connectivity index (χ0) is 27.0. The molecule has 0 N–H and O–H groups in total. The van der Waals surface area contributed by atoms with E-state index in [9.17, 15) is 17.6 Å². The van der Waals surface area contributed by atoms with E-state index in [0.717, 1.165) is 32.7 Å². The Bertz CT molecular complexity index is 1400. The molecule has 3 heterocycles. The third-order valence-electron chi connectivity index (χ3n) is 6.93. The van der Waals surface area contributed by atoms with Crippen molar-refractivity contribution >= 4 is 22.9 Å². The minimum Gasteiger partial charge on any atom is -0.293 e. The molecular formula is C26H29F4N7S. The van der Waals surface area contributed by atoms with Gasteiger partial charge in [-0.05, 0) is 73.3 Å². The Hall–Kier alpha value is -2.96. The first kappa shape index (κ1) is 26.6. The molecule has 0 radical (unpaired) electrons. The number of rotatable bonds is 7. The summed E-state index contributed by atoms with van der Waals surface area (Å²) >= 11 is 1.48. The molecular weight excluding hydrogens is 518 g/mol. The molecule has 5 rings (SSSR count). The summed E-state index contributed by atoms with van der Waals surface area (Å²) in [6, 6.07) is 9.88. The molecule has 2 aromatic carbocycles. The normalized spacial score (nSPS) is 18.3. The Morgan fingerprint density at radius 1 is 1.08 bits per heavy atom. The standard InChI is InChI=1S/C26H29F4N7S/c1-4-36-31-14-25(33-36)38-35-10-9-34(15-18(3)26(28,29)30)24(16-35)22-12-19-13-32-37(23(19)11-17(22)2)21-7-5-20(27)6-8-21/h5-8,11-14,18,24H,4,9-10,15-16H2,1-3H3. The molecule has 0 spiro atoms. The fourth-order valence-corrected chi connectivity index (χ4v) is 5.68. The van der Waals surface area contributed by atoms with Crippen molar-refractivity contribution in [3.05, 3.63) is 65.7 Å². The number of halogens is 4. The second-order valence-corrected chi connectivity index (χ2v) is 10.7. The van der Waals surface area contributed by atoms with Crippen molar-refractivity contribution in [2.45, 2.75) is 44.6 Å². The first-order valence-corrected chi connectivity index (χ1v) is 13.3. The SMILES string of the molecule is CCn1ncc(SN2CCN(CC(C)C(F)(F)F)C(c3cc4cnn(-c5ccc(F)cc5)c4cc3C)C2)n1. The third-order valence-corrected chi connectivity index (χ3v) is 7.89.